The van der Waals surface area contributed by atoms with Gasteiger partial charge in [-0.2, -0.15) is 4.31 Å². The van der Waals surface area contributed by atoms with E-state index in [-0.39, 0.29) is 0 Å². The Labute approximate surface area is 124 Å². The van der Waals surface area contributed by atoms with Gasteiger partial charge in [-0.05, 0) is 31.2 Å². The first-order valence-corrected chi connectivity index (χ1v) is 8.39. The van der Waals surface area contributed by atoms with E-state index in [1.807, 2.05) is 17.7 Å². The zero-order chi connectivity index (χ0) is 14.9. The van der Waals surface area contributed by atoms with E-state index in [0.717, 1.165) is 18.1 Å². The van der Waals surface area contributed by atoms with Crippen LogP contribution in [0.1, 0.15) is 12.7 Å². The van der Waals surface area contributed by atoms with E-state index in [1.165, 1.54) is 4.31 Å². The molecule has 1 N–H and O–H groups in total. The number of anilines is 1. The van der Waals surface area contributed by atoms with Crippen molar-refractivity contribution in [1.82, 2.24) is 13.9 Å². The number of imidazole rings is 1. The molecule has 0 atom stereocenters. The lowest BCUT2D eigenvalue weighted by Crippen LogP contribution is -2.38. The molecule has 0 amide bonds. The average molecular weight is 306 g/mol. The zero-order valence-corrected chi connectivity index (χ0v) is 12.7. The molecule has 0 fully saturated rings. The van der Waals surface area contributed by atoms with Gasteiger partial charge in [-0.3, -0.25) is 0 Å². The number of aromatic nitrogens is 2. The van der Waals surface area contributed by atoms with Gasteiger partial charge >= 0.3 is 0 Å². The van der Waals surface area contributed by atoms with E-state index in [4.69, 9.17) is 0 Å². The highest BCUT2D eigenvalue weighted by atomic mass is 32.2. The van der Waals surface area contributed by atoms with Crippen LogP contribution in [0.2, 0.25) is 0 Å². The maximum atomic E-state index is 12.7. The summed E-state index contributed by atoms with van der Waals surface area (Å²) in [4.78, 5) is 4.52. The van der Waals surface area contributed by atoms with E-state index in [1.54, 1.807) is 30.5 Å². The van der Waals surface area contributed by atoms with Crippen molar-refractivity contribution in [1.29, 1.82) is 0 Å². The number of rotatable bonds is 4. The summed E-state index contributed by atoms with van der Waals surface area (Å²) in [5, 5.41) is 3.15. The van der Waals surface area contributed by atoms with Gasteiger partial charge < -0.3 is 9.88 Å². The lowest BCUT2D eigenvalue weighted by molar-refractivity contribution is 0.335. The highest BCUT2D eigenvalue weighted by Gasteiger charge is 2.28. The van der Waals surface area contributed by atoms with Crippen molar-refractivity contribution < 1.29 is 8.42 Å². The van der Waals surface area contributed by atoms with Crippen LogP contribution in [0.5, 0.6) is 0 Å². The third kappa shape index (κ3) is 2.66. The smallest absolute Gasteiger partial charge is 0.243 e. The molecular weight excluding hydrogens is 288 g/mol. The molecular formula is C14H18N4O2S. The summed E-state index contributed by atoms with van der Waals surface area (Å²) in [5.41, 5.74) is 0.922. The minimum Gasteiger partial charge on any atom is -0.385 e. The quantitative estimate of drug-likeness (QED) is 0.930. The Hall–Kier alpha value is -1.86. The Balaban J connectivity index is 1.84. The molecule has 0 radical (unpaired) electrons. The van der Waals surface area contributed by atoms with Crippen LogP contribution < -0.4 is 5.32 Å². The fraction of sp³-hybridized carbons (Fsp3) is 0.357. The van der Waals surface area contributed by atoms with Gasteiger partial charge in [-0.15, -0.1) is 0 Å². The molecule has 0 saturated carbocycles. The standard InChI is InChI=1S/C14H18N4O2S/c1-2-15-12-3-5-13(6-4-12)21(19,20)18-10-9-17-8-7-16-14(17)11-18/h3-8,15H,2,9-11H2,1H3. The van der Waals surface area contributed by atoms with Gasteiger partial charge in [0, 0.05) is 37.7 Å². The average Bonchev–Trinajstić information content (AvgIpc) is 2.95. The molecule has 2 aromatic rings. The molecule has 21 heavy (non-hydrogen) atoms. The Morgan fingerprint density at radius 2 is 2.00 bits per heavy atom. The second kappa shape index (κ2) is 5.50. The SMILES string of the molecule is CCNc1ccc(S(=O)(=O)N2CCn3ccnc3C2)cc1. The Morgan fingerprint density at radius 3 is 2.71 bits per heavy atom. The molecule has 1 aliphatic heterocycles. The Kier molecular flexibility index (Phi) is 3.69. The number of hydrogen-bond acceptors (Lipinski definition) is 4. The van der Waals surface area contributed by atoms with E-state index < -0.39 is 10.0 Å². The van der Waals surface area contributed by atoms with Gasteiger partial charge in [0.2, 0.25) is 10.0 Å². The van der Waals surface area contributed by atoms with Crippen LogP contribution in [0, 0.1) is 0 Å². The van der Waals surface area contributed by atoms with Crippen LogP contribution in [0.25, 0.3) is 0 Å². The van der Waals surface area contributed by atoms with E-state index in [0.29, 0.717) is 24.5 Å². The monoisotopic (exact) mass is 306 g/mol. The van der Waals surface area contributed by atoms with Crippen molar-refractivity contribution in [2.45, 2.75) is 24.9 Å². The first-order valence-electron chi connectivity index (χ1n) is 6.95. The minimum atomic E-state index is -3.46. The largest absolute Gasteiger partial charge is 0.385 e. The summed E-state index contributed by atoms with van der Waals surface area (Å²) in [6, 6.07) is 6.88. The molecule has 0 spiro atoms. The molecule has 6 nitrogen and oxygen atoms in total. The molecule has 1 aromatic carbocycles. The fourth-order valence-electron chi connectivity index (χ4n) is 2.45. The summed E-state index contributed by atoms with van der Waals surface area (Å²) in [6.07, 6.45) is 3.58. The van der Waals surface area contributed by atoms with Crippen LogP contribution in [0.4, 0.5) is 5.69 Å². The van der Waals surface area contributed by atoms with Gasteiger partial charge in [0.25, 0.3) is 0 Å². The van der Waals surface area contributed by atoms with Crippen LogP contribution in [-0.4, -0.2) is 35.4 Å². The second-order valence-corrected chi connectivity index (χ2v) is 6.87. The summed E-state index contributed by atoms with van der Waals surface area (Å²) >= 11 is 0. The molecule has 1 aromatic heterocycles. The summed E-state index contributed by atoms with van der Waals surface area (Å²) < 4.78 is 28.8. The van der Waals surface area contributed by atoms with Gasteiger partial charge in [0.1, 0.15) is 5.82 Å². The number of fused-ring (bicyclic) bond motifs is 1. The lowest BCUT2D eigenvalue weighted by atomic mass is 10.3. The Morgan fingerprint density at radius 1 is 1.24 bits per heavy atom. The van der Waals surface area contributed by atoms with Crippen molar-refractivity contribution in [3.63, 3.8) is 0 Å². The first kappa shape index (κ1) is 14.1. The van der Waals surface area contributed by atoms with Gasteiger partial charge in [0.15, 0.2) is 0 Å². The van der Waals surface area contributed by atoms with Gasteiger partial charge in [-0.25, -0.2) is 13.4 Å². The summed E-state index contributed by atoms with van der Waals surface area (Å²) in [7, 11) is -3.46. The molecule has 2 heterocycles. The highest BCUT2D eigenvalue weighted by Crippen LogP contribution is 2.22. The third-order valence-corrected chi connectivity index (χ3v) is 5.44. The topological polar surface area (TPSA) is 67.2 Å². The van der Waals surface area contributed by atoms with E-state index >= 15 is 0 Å². The minimum absolute atomic E-state index is 0.323. The van der Waals surface area contributed by atoms with Crippen molar-refractivity contribution in [2.24, 2.45) is 0 Å². The summed E-state index contributed by atoms with van der Waals surface area (Å²) in [5.74, 6) is 0.786. The van der Waals surface area contributed by atoms with Gasteiger partial charge in [-0.1, -0.05) is 0 Å². The zero-order valence-electron chi connectivity index (χ0n) is 11.9. The van der Waals surface area contributed by atoms with Crippen LogP contribution >= 0.6 is 0 Å². The van der Waals surface area contributed by atoms with Gasteiger partial charge in [0.05, 0.1) is 11.4 Å². The molecule has 7 heteroatoms. The molecule has 3 rings (SSSR count). The molecule has 1 aliphatic rings. The van der Waals surface area contributed by atoms with E-state index in [9.17, 15) is 8.42 Å². The third-order valence-electron chi connectivity index (χ3n) is 3.58. The first-order chi connectivity index (χ1) is 10.1. The molecule has 0 aliphatic carbocycles. The maximum Gasteiger partial charge on any atom is 0.243 e. The normalized spacial score (nSPS) is 15.7. The van der Waals surface area contributed by atoms with Crippen molar-refractivity contribution >= 4 is 15.7 Å². The lowest BCUT2D eigenvalue weighted by Gasteiger charge is -2.27. The molecule has 0 saturated heterocycles. The van der Waals surface area contributed by atoms with Crippen molar-refractivity contribution in [3.05, 3.63) is 42.5 Å². The predicted octanol–water partition coefficient (Wildman–Crippen LogP) is 1.52. The number of sulfonamides is 1. The number of nitrogens with one attached hydrogen (secondary N) is 1. The predicted molar refractivity (Wildman–Crippen MR) is 80.4 cm³/mol. The van der Waals surface area contributed by atoms with Crippen LogP contribution in [0.3, 0.4) is 0 Å². The highest BCUT2D eigenvalue weighted by molar-refractivity contribution is 7.89. The number of benzene rings is 1. The van der Waals surface area contributed by atoms with Crippen molar-refractivity contribution in [2.75, 3.05) is 18.4 Å². The second-order valence-electron chi connectivity index (χ2n) is 4.93. The van der Waals surface area contributed by atoms with Crippen molar-refractivity contribution in [3.8, 4) is 0 Å². The van der Waals surface area contributed by atoms with E-state index in [2.05, 4.69) is 10.3 Å². The molecule has 0 unspecified atom stereocenters. The number of hydrogen-bond donors (Lipinski definition) is 1. The van der Waals surface area contributed by atoms with Crippen LogP contribution in [0.15, 0.2) is 41.6 Å². The molecule has 0 bridgehead atoms. The maximum absolute atomic E-state index is 12.7. The summed E-state index contributed by atoms with van der Waals surface area (Å²) in [6.45, 7) is 4.25. The fourth-order valence-corrected chi connectivity index (χ4v) is 3.84. The number of nitrogens with zero attached hydrogens (tertiary/aromatic N) is 3. The Bertz CT molecular complexity index is 722. The molecule has 112 valence electrons. The van der Waals surface area contributed by atoms with Crippen LogP contribution in [-0.2, 0) is 23.1 Å².